The van der Waals surface area contributed by atoms with E-state index in [9.17, 15) is 5.11 Å². The third-order valence-electron chi connectivity index (χ3n) is 2.66. The molecule has 13 heavy (non-hydrogen) atoms. The smallest absolute Gasteiger partial charge is 0.116 e. The van der Waals surface area contributed by atoms with E-state index in [0.717, 1.165) is 19.5 Å². The molecule has 1 aromatic carbocycles. The third kappa shape index (κ3) is 1.48. The van der Waals surface area contributed by atoms with E-state index in [4.69, 9.17) is 0 Å². The Morgan fingerprint density at radius 2 is 2.31 bits per heavy atom. The fourth-order valence-electron chi connectivity index (χ4n) is 1.99. The van der Waals surface area contributed by atoms with E-state index < -0.39 is 0 Å². The van der Waals surface area contributed by atoms with Crippen molar-refractivity contribution in [3.05, 3.63) is 23.8 Å². The van der Waals surface area contributed by atoms with Crippen LogP contribution in [0.1, 0.15) is 18.9 Å². The highest BCUT2D eigenvalue weighted by Gasteiger charge is 2.14. The summed E-state index contributed by atoms with van der Waals surface area (Å²) in [5, 5.41) is 9.33. The highest BCUT2D eigenvalue weighted by atomic mass is 16.3. The molecule has 1 aliphatic rings. The number of phenols is 1. The molecule has 0 saturated heterocycles. The lowest BCUT2D eigenvalue weighted by molar-refractivity contribution is 0.474. The SMILES string of the molecule is CCN1CCCc2cc(O)ccc21. The number of nitrogens with zero attached hydrogens (tertiary/aromatic N) is 1. The number of benzene rings is 1. The van der Waals surface area contributed by atoms with Crippen molar-refractivity contribution < 1.29 is 5.11 Å². The van der Waals surface area contributed by atoms with Crippen LogP contribution in [0.25, 0.3) is 0 Å². The first-order chi connectivity index (χ1) is 6.31. The monoisotopic (exact) mass is 177 g/mol. The second-order valence-electron chi connectivity index (χ2n) is 3.50. The third-order valence-corrected chi connectivity index (χ3v) is 2.66. The highest BCUT2D eigenvalue weighted by molar-refractivity contribution is 5.57. The van der Waals surface area contributed by atoms with Gasteiger partial charge in [-0.3, -0.25) is 0 Å². The van der Waals surface area contributed by atoms with Gasteiger partial charge in [0.25, 0.3) is 0 Å². The van der Waals surface area contributed by atoms with Gasteiger partial charge in [0.15, 0.2) is 0 Å². The molecule has 0 fully saturated rings. The van der Waals surface area contributed by atoms with Crippen molar-refractivity contribution in [3.8, 4) is 5.75 Å². The molecule has 0 saturated carbocycles. The molecule has 70 valence electrons. The molecule has 0 radical (unpaired) electrons. The quantitative estimate of drug-likeness (QED) is 0.710. The summed E-state index contributed by atoms with van der Waals surface area (Å²) >= 11 is 0. The summed E-state index contributed by atoms with van der Waals surface area (Å²) in [5.41, 5.74) is 2.58. The lowest BCUT2D eigenvalue weighted by Crippen LogP contribution is -2.28. The summed E-state index contributed by atoms with van der Waals surface area (Å²) in [7, 11) is 0. The molecule has 0 aliphatic carbocycles. The van der Waals surface area contributed by atoms with Crippen LogP contribution in [0, 0.1) is 0 Å². The Morgan fingerprint density at radius 1 is 1.46 bits per heavy atom. The first kappa shape index (κ1) is 8.42. The normalized spacial score (nSPS) is 15.6. The van der Waals surface area contributed by atoms with Crippen molar-refractivity contribution in [2.75, 3.05) is 18.0 Å². The van der Waals surface area contributed by atoms with Gasteiger partial charge in [0.2, 0.25) is 0 Å². The Balaban J connectivity index is 2.40. The average Bonchev–Trinajstić information content (AvgIpc) is 2.16. The summed E-state index contributed by atoms with van der Waals surface area (Å²) in [4.78, 5) is 2.36. The lowest BCUT2D eigenvalue weighted by atomic mass is 10.0. The summed E-state index contributed by atoms with van der Waals surface area (Å²) in [6.07, 6.45) is 2.30. The van der Waals surface area contributed by atoms with Gasteiger partial charge in [-0.1, -0.05) is 0 Å². The molecular formula is C11H15NO. The van der Waals surface area contributed by atoms with Gasteiger partial charge in [-0.25, -0.2) is 0 Å². The summed E-state index contributed by atoms with van der Waals surface area (Å²) < 4.78 is 0. The second kappa shape index (κ2) is 3.29. The number of hydrogen-bond acceptors (Lipinski definition) is 2. The zero-order valence-corrected chi connectivity index (χ0v) is 7.95. The van der Waals surface area contributed by atoms with Crippen molar-refractivity contribution in [2.45, 2.75) is 19.8 Å². The van der Waals surface area contributed by atoms with Crippen LogP contribution in [0.5, 0.6) is 5.75 Å². The van der Waals surface area contributed by atoms with Gasteiger partial charge in [-0.05, 0) is 43.5 Å². The van der Waals surface area contributed by atoms with Crippen LogP contribution in [0.15, 0.2) is 18.2 Å². The Hall–Kier alpha value is -1.18. The van der Waals surface area contributed by atoms with Crippen molar-refractivity contribution in [3.63, 3.8) is 0 Å². The van der Waals surface area contributed by atoms with Crippen molar-refractivity contribution >= 4 is 5.69 Å². The lowest BCUT2D eigenvalue weighted by Gasteiger charge is -2.30. The maximum absolute atomic E-state index is 9.33. The first-order valence-corrected chi connectivity index (χ1v) is 4.88. The molecule has 1 aliphatic heterocycles. The van der Waals surface area contributed by atoms with Crippen LogP contribution in [-0.2, 0) is 6.42 Å². The van der Waals surface area contributed by atoms with Crippen LogP contribution in [0.4, 0.5) is 5.69 Å². The number of hydrogen-bond donors (Lipinski definition) is 1. The summed E-state index contributed by atoms with van der Waals surface area (Å²) in [5.74, 6) is 0.386. The van der Waals surface area contributed by atoms with E-state index in [1.807, 2.05) is 12.1 Å². The topological polar surface area (TPSA) is 23.5 Å². The van der Waals surface area contributed by atoms with Gasteiger partial charge in [-0.2, -0.15) is 0 Å². The fraction of sp³-hybridized carbons (Fsp3) is 0.455. The molecule has 1 N–H and O–H groups in total. The van der Waals surface area contributed by atoms with Gasteiger partial charge in [-0.15, -0.1) is 0 Å². The second-order valence-corrected chi connectivity index (χ2v) is 3.50. The predicted molar refractivity (Wildman–Crippen MR) is 54.3 cm³/mol. The molecule has 1 heterocycles. The number of aromatic hydroxyl groups is 1. The maximum atomic E-state index is 9.33. The fourth-order valence-corrected chi connectivity index (χ4v) is 1.99. The Labute approximate surface area is 78.8 Å². The number of fused-ring (bicyclic) bond motifs is 1. The van der Waals surface area contributed by atoms with Crippen molar-refractivity contribution in [1.82, 2.24) is 0 Å². The number of rotatable bonds is 1. The molecule has 0 amide bonds. The van der Waals surface area contributed by atoms with E-state index in [1.54, 1.807) is 6.07 Å². The minimum atomic E-state index is 0.386. The van der Waals surface area contributed by atoms with Gasteiger partial charge in [0.1, 0.15) is 5.75 Å². The van der Waals surface area contributed by atoms with Crippen LogP contribution in [-0.4, -0.2) is 18.2 Å². The van der Waals surface area contributed by atoms with Crippen LogP contribution in [0.3, 0.4) is 0 Å². The van der Waals surface area contributed by atoms with Crippen LogP contribution in [0.2, 0.25) is 0 Å². The maximum Gasteiger partial charge on any atom is 0.116 e. The molecule has 0 bridgehead atoms. The van der Waals surface area contributed by atoms with Gasteiger partial charge in [0, 0.05) is 18.8 Å². The Morgan fingerprint density at radius 3 is 3.08 bits per heavy atom. The molecule has 1 aromatic rings. The number of phenolic OH excluding ortho intramolecular Hbond substituents is 1. The van der Waals surface area contributed by atoms with Gasteiger partial charge in [0.05, 0.1) is 0 Å². The predicted octanol–water partition coefficient (Wildman–Crippen LogP) is 2.16. The molecule has 2 nitrogen and oxygen atoms in total. The molecule has 2 heteroatoms. The van der Waals surface area contributed by atoms with Gasteiger partial charge < -0.3 is 10.0 Å². The summed E-state index contributed by atoms with van der Waals surface area (Å²) in [6.45, 7) is 4.37. The zero-order chi connectivity index (χ0) is 9.26. The zero-order valence-electron chi connectivity index (χ0n) is 7.95. The minimum absolute atomic E-state index is 0.386. The van der Waals surface area contributed by atoms with Crippen molar-refractivity contribution in [1.29, 1.82) is 0 Å². The van der Waals surface area contributed by atoms with Crippen LogP contribution >= 0.6 is 0 Å². The average molecular weight is 177 g/mol. The van der Waals surface area contributed by atoms with Gasteiger partial charge >= 0.3 is 0 Å². The standard InChI is InChI=1S/C11H15NO/c1-2-12-7-3-4-9-8-10(13)5-6-11(9)12/h5-6,8,13H,2-4,7H2,1H3. The van der Waals surface area contributed by atoms with E-state index in [2.05, 4.69) is 11.8 Å². The van der Waals surface area contributed by atoms with E-state index in [0.29, 0.717) is 5.75 Å². The highest BCUT2D eigenvalue weighted by Crippen LogP contribution is 2.29. The Kier molecular flexibility index (Phi) is 2.13. The van der Waals surface area contributed by atoms with E-state index in [1.165, 1.54) is 17.7 Å². The molecule has 0 atom stereocenters. The van der Waals surface area contributed by atoms with E-state index in [-0.39, 0.29) is 0 Å². The number of anilines is 1. The molecule has 2 rings (SSSR count). The molecule has 0 unspecified atom stereocenters. The first-order valence-electron chi connectivity index (χ1n) is 4.88. The molecular weight excluding hydrogens is 162 g/mol. The number of aryl methyl sites for hydroxylation is 1. The largest absolute Gasteiger partial charge is 0.508 e. The Bertz CT molecular complexity index is 309. The molecule has 0 aromatic heterocycles. The molecule has 0 spiro atoms. The van der Waals surface area contributed by atoms with Crippen LogP contribution < -0.4 is 4.90 Å². The minimum Gasteiger partial charge on any atom is -0.508 e. The van der Waals surface area contributed by atoms with Crippen molar-refractivity contribution in [2.24, 2.45) is 0 Å². The van der Waals surface area contributed by atoms with E-state index >= 15 is 0 Å². The summed E-state index contributed by atoms with van der Waals surface area (Å²) in [6, 6.07) is 5.68.